The van der Waals surface area contributed by atoms with Crippen molar-refractivity contribution in [1.82, 2.24) is 15.1 Å². The summed E-state index contributed by atoms with van der Waals surface area (Å²) in [5, 5.41) is 7.10. The molecule has 1 aromatic carbocycles. The quantitative estimate of drug-likeness (QED) is 0.766. The molecule has 4 rings (SSSR count). The fourth-order valence-corrected chi connectivity index (χ4v) is 2.74. The fraction of sp³-hybridized carbons (Fsp3) is 0.278. The number of aromatic nitrogens is 3. The molecule has 7 heteroatoms. The van der Waals surface area contributed by atoms with Crippen LogP contribution < -0.4 is 5.32 Å². The van der Waals surface area contributed by atoms with Gasteiger partial charge in [-0.25, -0.2) is 9.37 Å². The molecule has 6 nitrogen and oxygen atoms in total. The molecule has 1 fully saturated rings. The molecule has 1 aliphatic rings. The summed E-state index contributed by atoms with van der Waals surface area (Å²) in [6, 6.07) is 10.00. The van der Waals surface area contributed by atoms with E-state index < -0.39 is 0 Å². The van der Waals surface area contributed by atoms with Crippen LogP contribution in [0.2, 0.25) is 0 Å². The van der Waals surface area contributed by atoms with Crippen LogP contribution in [0.5, 0.6) is 0 Å². The van der Waals surface area contributed by atoms with Gasteiger partial charge >= 0.3 is 0 Å². The molecule has 128 valence electrons. The third-order valence-electron chi connectivity index (χ3n) is 4.09. The largest absolute Gasteiger partial charge is 0.376 e. The van der Waals surface area contributed by atoms with Crippen LogP contribution in [0.1, 0.15) is 12.8 Å². The van der Waals surface area contributed by atoms with E-state index in [1.54, 1.807) is 24.4 Å². The highest BCUT2D eigenvalue weighted by Gasteiger charge is 2.16. The third kappa shape index (κ3) is 3.51. The van der Waals surface area contributed by atoms with Crippen LogP contribution in [-0.4, -0.2) is 34.4 Å². The monoisotopic (exact) mass is 340 g/mol. The lowest BCUT2D eigenvalue weighted by atomic mass is 10.2. The van der Waals surface area contributed by atoms with E-state index in [1.165, 1.54) is 6.07 Å². The zero-order valence-electron chi connectivity index (χ0n) is 13.5. The van der Waals surface area contributed by atoms with Crippen molar-refractivity contribution in [1.29, 1.82) is 0 Å². The van der Waals surface area contributed by atoms with Gasteiger partial charge in [0, 0.05) is 19.3 Å². The number of nitrogens with zero attached hydrogens (tertiary/aromatic N) is 3. The molecule has 2 aromatic heterocycles. The summed E-state index contributed by atoms with van der Waals surface area (Å²) < 4.78 is 24.6. The first-order valence-corrected chi connectivity index (χ1v) is 8.20. The molecule has 0 bridgehead atoms. The van der Waals surface area contributed by atoms with E-state index in [-0.39, 0.29) is 17.7 Å². The number of hydrogen-bond acceptors (Lipinski definition) is 6. The van der Waals surface area contributed by atoms with Crippen LogP contribution in [0.3, 0.4) is 0 Å². The number of benzene rings is 1. The molecule has 0 amide bonds. The number of halogens is 1. The van der Waals surface area contributed by atoms with Crippen LogP contribution in [0.15, 0.2) is 47.1 Å². The molecular formula is C18H17FN4O2. The van der Waals surface area contributed by atoms with Gasteiger partial charge in [0.2, 0.25) is 5.82 Å². The molecule has 1 aliphatic heterocycles. The summed E-state index contributed by atoms with van der Waals surface area (Å²) in [6.45, 7) is 1.57. The van der Waals surface area contributed by atoms with E-state index in [2.05, 4.69) is 20.4 Å². The summed E-state index contributed by atoms with van der Waals surface area (Å²) in [5.41, 5.74) is 0.984. The third-order valence-corrected chi connectivity index (χ3v) is 4.09. The second-order valence-corrected chi connectivity index (χ2v) is 5.85. The van der Waals surface area contributed by atoms with Crippen molar-refractivity contribution in [3.63, 3.8) is 0 Å². The maximum absolute atomic E-state index is 13.8. The van der Waals surface area contributed by atoms with Crippen LogP contribution in [0.25, 0.3) is 22.8 Å². The van der Waals surface area contributed by atoms with Crippen molar-refractivity contribution >= 4 is 5.82 Å². The molecule has 1 saturated heterocycles. The summed E-state index contributed by atoms with van der Waals surface area (Å²) in [6.07, 6.45) is 4.09. The normalized spacial score (nSPS) is 16.9. The Morgan fingerprint density at radius 3 is 2.88 bits per heavy atom. The van der Waals surface area contributed by atoms with Crippen LogP contribution >= 0.6 is 0 Å². The molecule has 3 aromatic rings. The second kappa shape index (κ2) is 6.98. The standard InChI is InChI=1S/C18H17FN4O2/c19-15-6-2-1-5-14(15)17-22-18(25-23-17)12-7-8-16(20-10-12)21-11-13-4-3-9-24-13/h1-2,5-8,10,13H,3-4,9,11H2,(H,20,21). The minimum atomic E-state index is -0.387. The van der Waals surface area contributed by atoms with Crippen molar-refractivity contribution in [3.05, 3.63) is 48.4 Å². The average molecular weight is 340 g/mol. The van der Waals surface area contributed by atoms with E-state index in [0.717, 1.165) is 31.8 Å². The van der Waals surface area contributed by atoms with E-state index in [9.17, 15) is 4.39 Å². The zero-order chi connectivity index (χ0) is 17.1. The molecule has 0 radical (unpaired) electrons. The van der Waals surface area contributed by atoms with Gasteiger partial charge in [0.15, 0.2) is 0 Å². The van der Waals surface area contributed by atoms with Crippen LogP contribution in [-0.2, 0) is 4.74 Å². The number of anilines is 1. The SMILES string of the molecule is Fc1ccccc1-c1noc(-c2ccc(NCC3CCCO3)nc2)n1. The first kappa shape index (κ1) is 15.7. The van der Waals surface area contributed by atoms with Gasteiger partial charge in [-0.3, -0.25) is 0 Å². The highest BCUT2D eigenvalue weighted by molar-refractivity contribution is 5.60. The highest BCUT2D eigenvalue weighted by Crippen LogP contribution is 2.24. The van der Waals surface area contributed by atoms with Crippen molar-refractivity contribution in [2.75, 3.05) is 18.5 Å². The predicted molar refractivity (Wildman–Crippen MR) is 90.4 cm³/mol. The number of rotatable bonds is 5. The van der Waals surface area contributed by atoms with Crippen molar-refractivity contribution < 1.29 is 13.7 Å². The Morgan fingerprint density at radius 1 is 1.20 bits per heavy atom. The Morgan fingerprint density at radius 2 is 2.12 bits per heavy atom. The van der Waals surface area contributed by atoms with Crippen molar-refractivity contribution in [2.24, 2.45) is 0 Å². The Kier molecular flexibility index (Phi) is 4.39. The molecule has 0 spiro atoms. The molecule has 0 saturated carbocycles. The van der Waals surface area contributed by atoms with Crippen molar-refractivity contribution in [2.45, 2.75) is 18.9 Å². The van der Waals surface area contributed by atoms with Crippen molar-refractivity contribution in [3.8, 4) is 22.8 Å². The van der Waals surface area contributed by atoms with E-state index in [1.807, 2.05) is 12.1 Å². The molecule has 1 unspecified atom stereocenters. The first-order chi connectivity index (χ1) is 12.3. The Hall–Kier alpha value is -2.80. The molecule has 1 atom stereocenters. The lowest BCUT2D eigenvalue weighted by Gasteiger charge is -2.11. The summed E-state index contributed by atoms with van der Waals surface area (Å²) in [5.74, 6) is 0.889. The Bertz CT molecular complexity index is 844. The predicted octanol–water partition coefficient (Wildman–Crippen LogP) is 3.53. The van der Waals surface area contributed by atoms with Crippen LogP contribution in [0.4, 0.5) is 10.2 Å². The van der Waals surface area contributed by atoms with E-state index in [0.29, 0.717) is 17.0 Å². The van der Waals surface area contributed by atoms with Gasteiger partial charge in [0.1, 0.15) is 11.6 Å². The topological polar surface area (TPSA) is 73.1 Å². The second-order valence-electron chi connectivity index (χ2n) is 5.85. The number of pyridine rings is 1. The Balaban J connectivity index is 1.46. The van der Waals surface area contributed by atoms with Gasteiger partial charge in [-0.1, -0.05) is 17.3 Å². The van der Waals surface area contributed by atoms with E-state index >= 15 is 0 Å². The minimum absolute atomic E-state index is 0.216. The lowest BCUT2D eigenvalue weighted by molar-refractivity contribution is 0.120. The molecule has 3 heterocycles. The maximum Gasteiger partial charge on any atom is 0.259 e. The fourth-order valence-electron chi connectivity index (χ4n) is 2.74. The zero-order valence-corrected chi connectivity index (χ0v) is 13.5. The minimum Gasteiger partial charge on any atom is -0.376 e. The number of nitrogens with one attached hydrogen (secondary N) is 1. The van der Waals surface area contributed by atoms with Gasteiger partial charge in [-0.2, -0.15) is 4.98 Å². The summed E-state index contributed by atoms with van der Waals surface area (Å²) in [7, 11) is 0. The van der Waals surface area contributed by atoms with E-state index in [4.69, 9.17) is 9.26 Å². The van der Waals surface area contributed by atoms with Gasteiger partial charge in [0.25, 0.3) is 5.89 Å². The summed E-state index contributed by atoms with van der Waals surface area (Å²) >= 11 is 0. The van der Waals surface area contributed by atoms with Gasteiger partial charge in [0.05, 0.1) is 17.2 Å². The smallest absolute Gasteiger partial charge is 0.259 e. The number of ether oxygens (including phenoxy) is 1. The van der Waals surface area contributed by atoms with Crippen LogP contribution in [0, 0.1) is 5.82 Å². The first-order valence-electron chi connectivity index (χ1n) is 8.20. The Labute approximate surface area is 144 Å². The molecule has 25 heavy (non-hydrogen) atoms. The van der Waals surface area contributed by atoms with Gasteiger partial charge in [-0.05, 0) is 37.1 Å². The highest BCUT2D eigenvalue weighted by atomic mass is 19.1. The lowest BCUT2D eigenvalue weighted by Crippen LogP contribution is -2.18. The average Bonchev–Trinajstić information content (AvgIpc) is 3.33. The van der Waals surface area contributed by atoms with Gasteiger partial charge < -0.3 is 14.6 Å². The number of hydrogen-bond donors (Lipinski definition) is 1. The maximum atomic E-state index is 13.8. The molecule has 1 N–H and O–H groups in total. The molecular weight excluding hydrogens is 323 g/mol. The molecule has 0 aliphatic carbocycles. The van der Waals surface area contributed by atoms with Gasteiger partial charge in [-0.15, -0.1) is 0 Å². The summed E-state index contributed by atoms with van der Waals surface area (Å²) in [4.78, 5) is 8.60.